The van der Waals surface area contributed by atoms with E-state index < -0.39 is 9.73 Å². The summed E-state index contributed by atoms with van der Waals surface area (Å²) in [6.45, 7) is 0. The van der Waals surface area contributed by atoms with E-state index in [9.17, 15) is 9.00 Å². The number of halogens is 1. The van der Waals surface area contributed by atoms with Crippen LogP contribution in [0.3, 0.4) is 0 Å². The molecule has 0 heterocycles. The van der Waals surface area contributed by atoms with Crippen molar-refractivity contribution in [3.63, 3.8) is 0 Å². The van der Waals surface area contributed by atoms with Gasteiger partial charge < -0.3 is 0 Å². The molecule has 1 saturated carbocycles. The molecule has 1 aliphatic carbocycles. The van der Waals surface area contributed by atoms with Crippen molar-refractivity contribution >= 4 is 31.6 Å². The third kappa shape index (κ3) is 2.52. The first-order valence-electron chi connectivity index (χ1n) is 5.01. The van der Waals surface area contributed by atoms with E-state index in [0.29, 0.717) is 4.90 Å². The van der Waals surface area contributed by atoms with Crippen molar-refractivity contribution in [2.75, 3.05) is 6.26 Å². The number of carbonyl (C=O) groups excluding carboxylic acids is 1. The van der Waals surface area contributed by atoms with Crippen molar-refractivity contribution in [3.8, 4) is 0 Å². The van der Waals surface area contributed by atoms with Gasteiger partial charge in [0.1, 0.15) is 0 Å². The van der Waals surface area contributed by atoms with Crippen molar-refractivity contribution in [2.24, 2.45) is 10.3 Å². The van der Waals surface area contributed by atoms with Gasteiger partial charge in [-0.15, -0.1) is 0 Å². The molecule has 86 valence electrons. The number of amides is 1. The highest BCUT2D eigenvalue weighted by molar-refractivity contribution is 9.10. The summed E-state index contributed by atoms with van der Waals surface area (Å²) in [5.74, 6) is -0.202. The third-order valence-corrected chi connectivity index (χ3v) is 5.09. The maximum absolute atomic E-state index is 12.3. The molecule has 16 heavy (non-hydrogen) atoms. The first-order chi connectivity index (χ1) is 7.50. The van der Waals surface area contributed by atoms with Crippen LogP contribution in [0.5, 0.6) is 0 Å². The van der Waals surface area contributed by atoms with Crippen LogP contribution < -0.4 is 0 Å². The van der Waals surface area contributed by atoms with Gasteiger partial charge in [-0.25, -0.2) is 4.21 Å². The number of rotatable bonds is 2. The molecule has 0 saturated heterocycles. The highest BCUT2D eigenvalue weighted by atomic mass is 79.9. The average Bonchev–Trinajstić information content (AvgIpc) is 3.00. The zero-order valence-corrected chi connectivity index (χ0v) is 11.3. The molecule has 0 bridgehead atoms. The van der Waals surface area contributed by atoms with Gasteiger partial charge in [0.15, 0.2) is 0 Å². The molecule has 0 radical (unpaired) electrons. The van der Waals surface area contributed by atoms with E-state index in [4.69, 9.17) is 0 Å². The highest BCUT2D eigenvalue weighted by Crippen LogP contribution is 2.31. The molecular formula is C11H12BrNO2S. The van der Waals surface area contributed by atoms with E-state index >= 15 is 0 Å². The molecular weight excluding hydrogens is 290 g/mol. The minimum atomic E-state index is -2.62. The minimum absolute atomic E-state index is 0.0169. The smallest absolute Gasteiger partial charge is 0.257 e. The zero-order valence-electron chi connectivity index (χ0n) is 8.85. The molecule has 0 N–H and O–H groups in total. The number of hydrogen-bond donors (Lipinski definition) is 0. The normalized spacial score (nSPS) is 18.9. The molecule has 1 aliphatic rings. The summed E-state index contributed by atoms with van der Waals surface area (Å²) in [5, 5.41) is 0. The van der Waals surface area contributed by atoms with Gasteiger partial charge in [0.05, 0.1) is 14.6 Å². The van der Waals surface area contributed by atoms with Crippen LogP contribution in [0.2, 0.25) is 0 Å². The molecule has 0 aromatic heterocycles. The maximum atomic E-state index is 12.3. The Morgan fingerprint density at radius 3 is 2.62 bits per heavy atom. The highest BCUT2D eigenvalue weighted by Gasteiger charge is 2.30. The lowest BCUT2D eigenvalue weighted by Gasteiger charge is -2.05. The molecule has 1 aromatic rings. The SMILES string of the molecule is CS(=O)(=NC(=O)C1CC1)c1ccccc1Br. The van der Waals surface area contributed by atoms with Crippen LogP contribution in [-0.4, -0.2) is 16.4 Å². The summed E-state index contributed by atoms with van der Waals surface area (Å²) in [5.41, 5.74) is 0. The van der Waals surface area contributed by atoms with Crippen LogP contribution in [0.4, 0.5) is 0 Å². The molecule has 1 fully saturated rings. The Kier molecular flexibility index (Phi) is 3.17. The Balaban J connectivity index is 2.42. The monoisotopic (exact) mass is 301 g/mol. The molecule has 0 aliphatic heterocycles. The van der Waals surface area contributed by atoms with E-state index in [2.05, 4.69) is 20.3 Å². The van der Waals surface area contributed by atoms with Crippen LogP contribution >= 0.6 is 15.9 Å². The summed E-state index contributed by atoms with van der Waals surface area (Å²) < 4.78 is 16.9. The fourth-order valence-electron chi connectivity index (χ4n) is 1.38. The minimum Gasteiger partial charge on any atom is -0.272 e. The van der Waals surface area contributed by atoms with E-state index in [0.717, 1.165) is 17.3 Å². The lowest BCUT2D eigenvalue weighted by molar-refractivity contribution is -0.118. The van der Waals surface area contributed by atoms with Crippen molar-refractivity contribution in [1.82, 2.24) is 0 Å². The van der Waals surface area contributed by atoms with Crippen LogP contribution in [0.15, 0.2) is 38.0 Å². The van der Waals surface area contributed by atoms with Crippen LogP contribution in [0, 0.1) is 5.92 Å². The number of nitrogens with zero attached hydrogens (tertiary/aromatic N) is 1. The molecule has 0 spiro atoms. The van der Waals surface area contributed by atoms with E-state index in [1.807, 2.05) is 6.07 Å². The van der Waals surface area contributed by atoms with Gasteiger partial charge in [-0.2, -0.15) is 4.36 Å². The fourth-order valence-corrected chi connectivity index (χ4v) is 3.92. The summed E-state index contributed by atoms with van der Waals surface area (Å²) >= 11 is 3.32. The third-order valence-electron chi connectivity index (χ3n) is 2.44. The van der Waals surface area contributed by atoms with Crippen molar-refractivity contribution < 1.29 is 9.00 Å². The second-order valence-corrected chi connectivity index (χ2v) is 7.02. The Bertz CT molecular complexity index is 543. The van der Waals surface area contributed by atoms with E-state index in [1.165, 1.54) is 6.26 Å². The zero-order chi connectivity index (χ0) is 11.8. The largest absolute Gasteiger partial charge is 0.272 e. The Morgan fingerprint density at radius 2 is 2.06 bits per heavy atom. The first kappa shape index (κ1) is 11.8. The molecule has 1 aromatic carbocycles. The number of benzene rings is 1. The van der Waals surface area contributed by atoms with Crippen LogP contribution in [0.25, 0.3) is 0 Å². The lowest BCUT2D eigenvalue weighted by Crippen LogP contribution is -2.05. The quantitative estimate of drug-likeness (QED) is 0.843. The Morgan fingerprint density at radius 1 is 1.44 bits per heavy atom. The fraction of sp³-hybridized carbons (Fsp3) is 0.364. The topological polar surface area (TPSA) is 46.5 Å². The number of hydrogen-bond acceptors (Lipinski definition) is 2. The van der Waals surface area contributed by atoms with Crippen LogP contribution in [-0.2, 0) is 14.5 Å². The Hall–Kier alpha value is -0.680. The van der Waals surface area contributed by atoms with E-state index in [1.54, 1.807) is 18.2 Å². The van der Waals surface area contributed by atoms with Crippen LogP contribution in [0.1, 0.15) is 12.8 Å². The summed E-state index contributed by atoms with van der Waals surface area (Å²) in [6.07, 6.45) is 3.27. The van der Waals surface area contributed by atoms with Crippen molar-refractivity contribution in [2.45, 2.75) is 17.7 Å². The lowest BCUT2D eigenvalue weighted by atomic mass is 10.4. The first-order valence-corrected chi connectivity index (χ1v) is 7.73. The van der Waals surface area contributed by atoms with Gasteiger partial charge >= 0.3 is 0 Å². The van der Waals surface area contributed by atoms with Gasteiger partial charge in [-0.05, 0) is 40.9 Å². The second-order valence-electron chi connectivity index (χ2n) is 3.94. The van der Waals surface area contributed by atoms with Gasteiger partial charge in [0.25, 0.3) is 5.91 Å². The van der Waals surface area contributed by atoms with Gasteiger partial charge in [-0.3, -0.25) is 4.79 Å². The maximum Gasteiger partial charge on any atom is 0.257 e. The van der Waals surface area contributed by atoms with E-state index in [-0.39, 0.29) is 11.8 Å². The van der Waals surface area contributed by atoms with Gasteiger partial charge in [-0.1, -0.05) is 12.1 Å². The number of carbonyl (C=O) groups is 1. The standard InChI is InChI=1S/C11H12BrNO2S/c1-16(15,13-11(14)8-6-7-8)10-5-3-2-4-9(10)12/h2-5,8H,6-7H2,1H3. The van der Waals surface area contributed by atoms with Crippen molar-refractivity contribution in [3.05, 3.63) is 28.7 Å². The Labute approximate surface area is 104 Å². The predicted octanol–water partition coefficient (Wildman–Crippen LogP) is 2.84. The predicted molar refractivity (Wildman–Crippen MR) is 66.6 cm³/mol. The average molecular weight is 302 g/mol. The van der Waals surface area contributed by atoms with Gasteiger partial charge in [0.2, 0.25) is 0 Å². The molecule has 3 nitrogen and oxygen atoms in total. The molecule has 1 atom stereocenters. The summed E-state index contributed by atoms with van der Waals surface area (Å²) in [4.78, 5) is 12.1. The summed E-state index contributed by atoms with van der Waals surface area (Å²) in [6, 6.07) is 7.16. The second kappa shape index (κ2) is 4.30. The molecule has 5 heteroatoms. The van der Waals surface area contributed by atoms with Gasteiger partial charge in [0, 0.05) is 16.6 Å². The molecule has 1 unspecified atom stereocenters. The molecule has 1 amide bonds. The molecule has 2 rings (SSSR count). The van der Waals surface area contributed by atoms with Crippen molar-refractivity contribution in [1.29, 1.82) is 0 Å². The summed E-state index contributed by atoms with van der Waals surface area (Å²) in [7, 11) is -2.62.